The fourth-order valence-corrected chi connectivity index (χ4v) is 1.86. The van der Waals surface area contributed by atoms with Crippen molar-refractivity contribution in [2.24, 2.45) is 5.92 Å². The zero-order valence-electron chi connectivity index (χ0n) is 11.0. The monoisotopic (exact) mass is 257 g/mol. The van der Waals surface area contributed by atoms with Gasteiger partial charge in [0.05, 0.1) is 6.61 Å². The second-order valence-corrected chi connectivity index (χ2v) is 4.38. The molecule has 2 nitrogen and oxygen atoms in total. The van der Waals surface area contributed by atoms with Gasteiger partial charge in [-0.25, -0.2) is 8.78 Å². The van der Waals surface area contributed by atoms with Gasteiger partial charge in [0, 0.05) is 19.2 Å². The minimum Gasteiger partial charge on any atom is -0.383 e. The number of halogens is 2. The van der Waals surface area contributed by atoms with Gasteiger partial charge in [0.1, 0.15) is 11.6 Å². The van der Waals surface area contributed by atoms with E-state index < -0.39 is 11.6 Å². The Hall–Kier alpha value is -1.00. The first kappa shape index (κ1) is 15.1. The van der Waals surface area contributed by atoms with Crippen molar-refractivity contribution < 1.29 is 13.5 Å². The average Bonchev–Trinajstić information content (AvgIpc) is 2.36. The summed E-state index contributed by atoms with van der Waals surface area (Å²) in [6.45, 7) is 4.17. The molecular weight excluding hydrogens is 236 g/mol. The molecule has 0 bridgehead atoms. The van der Waals surface area contributed by atoms with Crippen LogP contribution in [0, 0.1) is 17.6 Å². The van der Waals surface area contributed by atoms with Crippen LogP contribution in [0.2, 0.25) is 0 Å². The van der Waals surface area contributed by atoms with Crippen molar-refractivity contribution in [1.82, 2.24) is 5.32 Å². The molecule has 0 spiro atoms. The van der Waals surface area contributed by atoms with Crippen LogP contribution in [0.3, 0.4) is 0 Å². The first-order valence-corrected chi connectivity index (χ1v) is 6.31. The Kier molecular flexibility index (Phi) is 6.83. The Balaban J connectivity index is 2.52. The van der Waals surface area contributed by atoms with Gasteiger partial charge in [0.15, 0.2) is 0 Å². The summed E-state index contributed by atoms with van der Waals surface area (Å²) in [5.41, 5.74) is 0.192. The molecule has 1 unspecified atom stereocenters. The molecule has 0 saturated carbocycles. The predicted molar refractivity (Wildman–Crippen MR) is 68.6 cm³/mol. The molecule has 18 heavy (non-hydrogen) atoms. The quantitative estimate of drug-likeness (QED) is 0.723. The molecule has 0 fully saturated rings. The molecule has 0 radical (unpaired) electrons. The summed E-state index contributed by atoms with van der Waals surface area (Å²) in [5, 5.41) is 3.23. The van der Waals surface area contributed by atoms with Crippen molar-refractivity contribution in [2.45, 2.75) is 19.8 Å². The van der Waals surface area contributed by atoms with Gasteiger partial charge in [-0.05, 0) is 31.0 Å². The van der Waals surface area contributed by atoms with Crippen molar-refractivity contribution in [3.8, 4) is 0 Å². The molecule has 0 aliphatic rings. The Morgan fingerprint density at radius 1 is 1.28 bits per heavy atom. The predicted octanol–water partition coefficient (Wildman–Crippen LogP) is 2.77. The molecule has 1 atom stereocenters. The fraction of sp³-hybridized carbons (Fsp3) is 0.571. The normalized spacial score (nSPS) is 12.7. The van der Waals surface area contributed by atoms with Crippen LogP contribution in [-0.2, 0) is 11.2 Å². The van der Waals surface area contributed by atoms with Crippen molar-refractivity contribution in [2.75, 3.05) is 26.8 Å². The third-order valence-electron chi connectivity index (χ3n) is 3.05. The van der Waals surface area contributed by atoms with E-state index in [1.807, 2.05) is 6.92 Å². The molecule has 102 valence electrons. The van der Waals surface area contributed by atoms with E-state index >= 15 is 0 Å². The minimum atomic E-state index is -0.453. The number of hydrogen-bond donors (Lipinski definition) is 1. The summed E-state index contributed by atoms with van der Waals surface area (Å²) in [7, 11) is 1.65. The van der Waals surface area contributed by atoms with E-state index in [9.17, 15) is 8.78 Å². The third kappa shape index (κ3) is 4.70. The maximum atomic E-state index is 13.5. The van der Waals surface area contributed by atoms with Crippen molar-refractivity contribution in [3.63, 3.8) is 0 Å². The number of rotatable bonds is 8. The van der Waals surface area contributed by atoms with E-state index in [1.165, 1.54) is 18.2 Å². The van der Waals surface area contributed by atoms with Gasteiger partial charge in [0.2, 0.25) is 0 Å². The zero-order valence-corrected chi connectivity index (χ0v) is 11.0. The second-order valence-electron chi connectivity index (χ2n) is 4.38. The van der Waals surface area contributed by atoms with Crippen LogP contribution in [0.1, 0.15) is 18.9 Å². The number of benzene rings is 1. The summed E-state index contributed by atoms with van der Waals surface area (Å²) < 4.78 is 32.0. The molecule has 0 amide bonds. The molecule has 0 aromatic heterocycles. The second kappa shape index (κ2) is 8.16. The first-order valence-electron chi connectivity index (χ1n) is 6.31. The molecule has 0 heterocycles. The van der Waals surface area contributed by atoms with Crippen LogP contribution in [0.25, 0.3) is 0 Å². The minimum absolute atomic E-state index is 0.192. The van der Waals surface area contributed by atoms with Crippen molar-refractivity contribution >= 4 is 0 Å². The smallest absolute Gasteiger partial charge is 0.129 e. The van der Waals surface area contributed by atoms with E-state index in [0.29, 0.717) is 13.0 Å². The SMILES string of the molecule is CCC(CNCCOC)Cc1c(F)cccc1F. The summed E-state index contributed by atoms with van der Waals surface area (Å²) in [6.07, 6.45) is 1.31. The van der Waals surface area contributed by atoms with Gasteiger partial charge in [-0.3, -0.25) is 0 Å². The highest BCUT2D eigenvalue weighted by Gasteiger charge is 2.14. The maximum Gasteiger partial charge on any atom is 0.129 e. The van der Waals surface area contributed by atoms with Crippen LogP contribution in [0.15, 0.2) is 18.2 Å². The topological polar surface area (TPSA) is 21.3 Å². The lowest BCUT2D eigenvalue weighted by molar-refractivity contribution is 0.197. The van der Waals surface area contributed by atoms with Gasteiger partial charge >= 0.3 is 0 Å². The van der Waals surface area contributed by atoms with Crippen LogP contribution in [0.4, 0.5) is 8.78 Å². The number of hydrogen-bond acceptors (Lipinski definition) is 2. The van der Waals surface area contributed by atoms with E-state index in [0.717, 1.165) is 19.5 Å². The number of ether oxygens (including phenoxy) is 1. The lowest BCUT2D eigenvalue weighted by atomic mass is 9.96. The van der Waals surface area contributed by atoms with E-state index in [-0.39, 0.29) is 11.5 Å². The van der Waals surface area contributed by atoms with Crippen LogP contribution in [0.5, 0.6) is 0 Å². The van der Waals surface area contributed by atoms with Gasteiger partial charge < -0.3 is 10.1 Å². The molecule has 1 rings (SSSR count). The molecule has 0 aliphatic heterocycles. The Bertz CT molecular complexity index is 337. The van der Waals surface area contributed by atoms with Gasteiger partial charge in [-0.2, -0.15) is 0 Å². The summed E-state index contributed by atoms with van der Waals surface area (Å²) in [5.74, 6) is -0.677. The largest absolute Gasteiger partial charge is 0.383 e. The van der Waals surface area contributed by atoms with E-state index in [2.05, 4.69) is 5.32 Å². The van der Waals surface area contributed by atoms with Crippen LogP contribution < -0.4 is 5.32 Å². The van der Waals surface area contributed by atoms with Gasteiger partial charge in [-0.15, -0.1) is 0 Å². The third-order valence-corrected chi connectivity index (χ3v) is 3.05. The molecule has 4 heteroatoms. The molecule has 1 aromatic rings. The summed E-state index contributed by atoms with van der Waals surface area (Å²) in [4.78, 5) is 0. The first-order chi connectivity index (χ1) is 8.69. The van der Waals surface area contributed by atoms with E-state index in [4.69, 9.17) is 4.74 Å². The molecule has 0 aliphatic carbocycles. The number of methoxy groups -OCH3 is 1. The Morgan fingerprint density at radius 2 is 1.94 bits per heavy atom. The fourth-order valence-electron chi connectivity index (χ4n) is 1.86. The molecular formula is C14H21F2NO. The Labute approximate surface area is 107 Å². The lowest BCUT2D eigenvalue weighted by Gasteiger charge is -2.16. The Morgan fingerprint density at radius 3 is 2.50 bits per heavy atom. The summed E-state index contributed by atoms with van der Waals surface area (Å²) in [6, 6.07) is 4.01. The van der Waals surface area contributed by atoms with Crippen molar-refractivity contribution in [1.29, 1.82) is 0 Å². The highest BCUT2D eigenvalue weighted by Crippen LogP contribution is 2.18. The number of nitrogens with one attached hydrogen (secondary N) is 1. The highest BCUT2D eigenvalue weighted by atomic mass is 19.1. The van der Waals surface area contributed by atoms with Crippen LogP contribution >= 0.6 is 0 Å². The molecule has 1 aromatic carbocycles. The van der Waals surface area contributed by atoms with E-state index in [1.54, 1.807) is 7.11 Å². The van der Waals surface area contributed by atoms with Crippen molar-refractivity contribution in [3.05, 3.63) is 35.4 Å². The summed E-state index contributed by atoms with van der Waals surface area (Å²) >= 11 is 0. The van der Waals surface area contributed by atoms with Crippen LogP contribution in [-0.4, -0.2) is 26.8 Å². The maximum absolute atomic E-state index is 13.5. The lowest BCUT2D eigenvalue weighted by Crippen LogP contribution is -2.27. The molecule has 1 N–H and O–H groups in total. The average molecular weight is 257 g/mol. The highest BCUT2D eigenvalue weighted by molar-refractivity contribution is 5.20. The van der Waals surface area contributed by atoms with Gasteiger partial charge in [-0.1, -0.05) is 19.4 Å². The standard InChI is InChI=1S/C14H21F2NO/c1-3-11(10-17-7-8-18-2)9-12-13(15)5-4-6-14(12)16/h4-6,11,17H,3,7-10H2,1-2H3. The van der Waals surface area contributed by atoms with Gasteiger partial charge in [0.25, 0.3) is 0 Å². The molecule has 0 saturated heterocycles. The zero-order chi connectivity index (χ0) is 13.4.